The van der Waals surface area contributed by atoms with Gasteiger partial charge in [0, 0.05) is 18.8 Å². The first-order chi connectivity index (χ1) is 8.19. The van der Waals surface area contributed by atoms with Gasteiger partial charge in [0.1, 0.15) is 18.0 Å². The quantitative estimate of drug-likeness (QED) is 0.464. The number of anilines is 1. The van der Waals surface area contributed by atoms with Crippen LogP contribution in [0.1, 0.15) is 11.5 Å². The summed E-state index contributed by atoms with van der Waals surface area (Å²) in [6.45, 7) is 1.90. The number of thioether (sulfide) groups is 1. The van der Waals surface area contributed by atoms with E-state index in [1.54, 1.807) is 10.7 Å². The van der Waals surface area contributed by atoms with E-state index >= 15 is 0 Å². The average Bonchev–Trinajstić information content (AvgIpc) is 2.71. The SMILES string of the molecule is Cc1cc(NN)nc(CSc2ncnn2C)n1. The number of aromatic nitrogens is 5. The van der Waals surface area contributed by atoms with Crippen LogP contribution in [0, 0.1) is 6.92 Å². The Bertz CT molecular complexity index is 510. The largest absolute Gasteiger partial charge is 0.308 e. The first kappa shape index (κ1) is 11.8. The molecule has 0 aliphatic heterocycles. The second kappa shape index (κ2) is 5.11. The van der Waals surface area contributed by atoms with E-state index in [-0.39, 0.29) is 0 Å². The van der Waals surface area contributed by atoms with Crippen molar-refractivity contribution in [2.24, 2.45) is 12.9 Å². The summed E-state index contributed by atoms with van der Waals surface area (Å²) in [6, 6.07) is 1.79. The molecule has 8 heteroatoms. The first-order valence-corrected chi connectivity index (χ1v) is 5.95. The van der Waals surface area contributed by atoms with Gasteiger partial charge in [-0.15, -0.1) is 0 Å². The molecule has 0 spiro atoms. The molecule has 0 fully saturated rings. The van der Waals surface area contributed by atoms with E-state index in [4.69, 9.17) is 5.84 Å². The number of nitrogen functional groups attached to an aromatic ring is 1. The van der Waals surface area contributed by atoms with Crippen molar-refractivity contribution in [1.29, 1.82) is 0 Å². The van der Waals surface area contributed by atoms with Crippen molar-refractivity contribution in [2.75, 3.05) is 5.43 Å². The molecule has 7 nitrogen and oxygen atoms in total. The zero-order chi connectivity index (χ0) is 12.3. The molecule has 2 aromatic heterocycles. The summed E-state index contributed by atoms with van der Waals surface area (Å²) in [5.41, 5.74) is 3.40. The number of aryl methyl sites for hydroxylation is 2. The van der Waals surface area contributed by atoms with Gasteiger partial charge in [0.05, 0.1) is 5.75 Å². The van der Waals surface area contributed by atoms with Gasteiger partial charge >= 0.3 is 0 Å². The van der Waals surface area contributed by atoms with Gasteiger partial charge in [0.25, 0.3) is 0 Å². The Hall–Kier alpha value is -1.67. The molecule has 0 aliphatic rings. The Labute approximate surface area is 103 Å². The average molecular weight is 251 g/mol. The summed E-state index contributed by atoms with van der Waals surface area (Å²) in [7, 11) is 1.85. The molecule has 2 aromatic rings. The van der Waals surface area contributed by atoms with Crippen LogP contribution < -0.4 is 11.3 Å². The monoisotopic (exact) mass is 251 g/mol. The molecule has 0 radical (unpaired) electrons. The summed E-state index contributed by atoms with van der Waals surface area (Å²) in [5, 5.41) is 4.82. The van der Waals surface area contributed by atoms with Gasteiger partial charge in [-0.1, -0.05) is 11.8 Å². The van der Waals surface area contributed by atoms with E-state index in [0.717, 1.165) is 10.9 Å². The molecule has 0 bridgehead atoms. The number of hydrazine groups is 1. The maximum absolute atomic E-state index is 5.33. The Balaban J connectivity index is 2.09. The highest BCUT2D eigenvalue weighted by atomic mass is 32.2. The van der Waals surface area contributed by atoms with Gasteiger partial charge in [-0.3, -0.25) is 0 Å². The van der Waals surface area contributed by atoms with Gasteiger partial charge in [-0.05, 0) is 6.92 Å². The molecule has 2 rings (SSSR count). The third kappa shape index (κ3) is 2.92. The van der Waals surface area contributed by atoms with E-state index in [9.17, 15) is 0 Å². The minimum atomic E-state index is 0.617. The van der Waals surface area contributed by atoms with Crippen molar-refractivity contribution in [3.8, 4) is 0 Å². The summed E-state index contributed by atoms with van der Waals surface area (Å²) in [4.78, 5) is 12.7. The third-order valence-corrected chi connectivity index (χ3v) is 3.08. The third-order valence-electron chi connectivity index (χ3n) is 2.05. The molecule has 0 saturated heterocycles. The van der Waals surface area contributed by atoms with E-state index < -0.39 is 0 Å². The molecule has 17 heavy (non-hydrogen) atoms. The smallest absolute Gasteiger partial charge is 0.186 e. The fourth-order valence-electron chi connectivity index (χ4n) is 1.31. The van der Waals surface area contributed by atoms with Gasteiger partial charge in [0.2, 0.25) is 0 Å². The molecule has 0 aromatic carbocycles. The lowest BCUT2D eigenvalue weighted by atomic mass is 10.4. The highest BCUT2D eigenvalue weighted by Gasteiger charge is 2.05. The second-order valence-corrected chi connectivity index (χ2v) is 4.35. The summed E-state index contributed by atoms with van der Waals surface area (Å²) in [5.74, 6) is 7.29. The predicted octanol–water partition coefficient (Wildman–Crippen LogP) is 0.491. The normalized spacial score (nSPS) is 10.5. The fourth-order valence-corrected chi connectivity index (χ4v) is 2.06. The molecule has 0 amide bonds. The van der Waals surface area contributed by atoms with E-state index in [2.05, 4.69) is 25.5 Å². The Morgan fingerprint density at radius 1 is 1.47 bits per heavy atom. The summed E-state index contributed by atoms with van der Waals surface area (Å²) >= 11 is 1.53. The number of hydrogen-bond acceptors (Lipinski definition) is 7. The molecular formula is C9H13N7S. The predicted molar refractivity (Wildman–Crippen MR) is 65.1 cm³/mol. The van der Waals surface area contributed by atoms with E-state index in [1.807, 2.05) is 14.0 Å². The van der Waals surface area contributed by atoms with Crippen molar-refractivity contribution in [1.82, 2.24) is 24.7 Å². The van der Waals surface area contributed by atoms with Gasteiger partial charge in [0.15, 0.2) is 5.16 Å². The van der Waals surface area contributed by atoms with Gasteiger partial charge in [-0.25, -0.2) is 25.5 Å². The molecule has 3 N–H and O–H groups in total. The fraction of sp³-hybridized carbons (Fsp3) is 0.333. The highest BCUT2D eigenvalue weighted by Crippen LogP contribution is 2.18. The maximum atomic E-state index is 5.33. The Kier molecular flexibility index (Phi) is 3.55. The van der Waals surface area contributed by atoms with Crippen LogP contribution in [0.5, 0.6) is 0 Å². The number of nitrogens with two attached hydrogens (primary N) is 1. The topological polar surface area (TPSA) is 94.5 Å². The minimum absolute atomic E-state index is 0.617. The van der Waals surface area contributed by atoms with Crippen molar-refractivity contribution in [3.63, 3.8) is 0 Å². The zero-order valence-electron chi connectivity index (χ0n) is 9.58. The number of hydrogen-bond donors (Lipinski definition) is 2. The van der Waals surface area contributed by atoms with Crippen LogP contribution in [-0.2, 0) is 12.8 Å². The van der Waals surface area contributed by atoms with Crippen molar-refractivity contribution < 1.29 is 0 Å². The lowest BCUT2D eigenvalue weighted by molar-refractivity contribution is 0.685. The van der Waals surface area contributed by atoms with Crippen LogP contribution in [0.25, 0.3) is 0 Å². The van der Waals surface area contributed by atoms with Crippen molar-refractivity contribution >= 4 is 17.6 Å². The lowest BCUT2D eigenvalue weighted by Crippen LogP contribution is -2.10. The maximum Gasteiger partial charge on any atom is 0.186 e. The summed E-state index contributed by atoms with van der Waals surface area (Å²) in [6.07, 6.45) is 1.52. The van der Waals surface area contributed by atoms with E-state index in [1.165, 1.54) is 18.1 Å². The highest BCUT2D eigenvalue weighted by molar-refractivity contribution is 7.98. The number of nitrogens with zero attached hydrogens (tertiary/aromatic N) is 5. The zero-order valence-corrected chi connectivity index (χ0v) is 10.4. The molecule has 2 heterocycles. The Morgan fingerprint density at radius 2 is 2.29 bits per heavy atom. The molecule has 0 saturated carbocycles. The first-order valence-electron chi connectivity index (χ1n) is 4.97. The van der Waals surface area contributed by atoms with E-state index in [0.29, 0.717) is 17.4 Å². The van der Waals surface area contributed by atoms with Gasteiger partial charge in [-0.2, -0.15) is 5.10 Å². The molecular weight excluding hydrogens is 238 g/mol. The minimum Gasteiger partial charge on any atom is -0.308 e. The van der Waals surface area contributed by atoms with Crippen LogP contribution >= 0.6 is 11.8 Å². The molecule has 0 aliphatic carbocycles. The van der Waals surface area contributed by atoms with Crippen LogP contribution in [-0.4, -0.2) is 24.7 Å². The molecule has 0 atom stereocenters. The van der Waals surface area contributed by atoms with Crippen LogP contribution in [0.3, 0.4) is 0 Å². The number of nitrogens with one attached hydrogen (secondary N) is 1. The van der Waals surface area contributed by atoms with Crippen molar-refractivity contribution in [3.05, 3.63) is 23.9 Å². The molecule has 0 unspecified atom stereocenters. The Morgan fingerprint density at radius 3 is 2.94 bits per heavy atom. The standard InChI is InChI=1S/C9H13N7S/c1-6-3-7(15-10)14-8(13-6)4-17-9-11-5-12-16(9)2/h3,5H,4,10H2,1-2H3,(H,13,14,15). The summed E-state index contributed by atoms with van der Waals surface area (Å²) < 4.78 is 1.71. The van der Waals surface area contributed by atoms with Crippen LogP contribution in [0.4, 0.5) is 5.82 Å². The van der Waals surface area contributed by atoms with Gasteiger partial charge < -0.3 is 5.43 Å². The second-order valence-electron chi connectivity index (χ2n) is 3.41. The van der Waals surface area contributed by atoms with Crippen LogP contribution in [0.2, 0.25) is 0 Å². The lowest BCUT2D eigenvalue weighted by Gasteiger charge is -2.04. The van der Waals surface area contributed by atoms with Crippen LogP contribution in [0.15, 0.2) is 17.6 Å². The molecule has 90 valence electrons. The number of rotatable bonds is 4. The van der Waals surface area contributed by atoms with Crippen molar-refractivity contribution in [2.45, 2.75) is 17.8 Å².